The standard InChI is InChI=1S/C19H22INO4/c1-12(2)25-16-8-6-5-7-13(16)11-21-19(22)14-9-17(23-3)18(24-4)10-15(14)20/h5-10,12H,11H2,1-4H3,(H,21,22). The maximum absolute atomic E-state index is 12.6. The topological polar surface area (TPSA) is 56.8 Å². The van der Waals surface area contributed by atoms with Crippen LogP contribution in [0.15, 0.2) is 36.4 Å². The number of para-hydroxylation sites is 1. The Morgan fingerprint density at radius 3 is 2.36 bits per heavy atom. The molecule has 0 saturated heterocycles. The van der Waals surface area contributed by atoms with Crippen molar-refractivity contribution in [2.45, 2.75) is 26.5 Å². The van der Waals surface area contributed by atoms with Crippen LogP contribution in [0.4, 0.5) is 0 Å². The highest BCUT2D eigenvalue weighted by molar-refractivity contribution is 14.1. The van der Waals surface area contributed by atoms with E-state index in [0.29, 0.717) is 23.6 Å². The number of ether oxygens (including phenoxy) is 3. The highest BCUT2D eigenvalue weighted by atomic mass is 127. The molecule has 25 heavy (non-hydrogen) atoms. The SMILES string of the molecule is COc1cc(I)c(C(=O)NCc2ccccc2OC(C)C)cc1OC. The molecule has 6 heteroatoms. The van der Waals surface area contributed by atoms with Gasteiger partial charge in [0.2, 0.25) is 0 Å². The van der Waals surface area contributed by atoms with Crippen molar-refractivity contribution in [3.05, 3.63) is 51.1 Å². The number of hydrogen-bond donors (Lipinski definition) is 1. The van der Waals surface area contributed by atoms with Crippen LogP contribution in [0.25, 0.3) is 0 Å². The third kappa shape index (κ3) is 5.01. The second kappa shape index (κ2) is 8.94. The highest BCUT2D eigenvalue weighted by Gasteiger charge is 2.16. The summed E-state index contributed by atoms with van der Waals surface area (Å²) in [7, 11) is 3.12. The lowest BCUT2D eigenvalue weighted by Crippen LogP contribution is -2.24. The number of methoxy groups -OCH3 is 2. The van der Waals surface area contributed by atoms with Crippen molar-refractivity contribution in [3.8, 4) is 17.2 Å². The zero-order valence-electron chi connectivity index (χ0n) is 14.8. The van der Waals surface area contributed by atoms with Crippen LogP contribution in [0, 0.1) is 3.57 Å². The minimum Gasteiger partial charge on any atom is -0.493 e. The molecule has 134 valence electrons. The largest absolute Gasteiger partial charge is 0.493 e. The molecule has 0 fully saturated rings. The average Bonchev–Trinajstić information content (AvgIpc) is 2.59. The van der Waals surface area contributed by atoms with Gasteiger partial charge in [0.15, 0.2) is 11.5 Å². The molecule has 0 bridgehead atoms. The fourth-order valence-corrected chi connectivity index (χ4v) is 3.00. The number of nitrogens with one attached hydrogen (secondary N) is 1. The first-order valence-corrected chi connectivity index (χ1v) is 8.98. The van der Waals surface area contributed by atoms with Gasteiger partial charge >= 0.3 is 0 Å². The molecular weight excluding hydrogens is 433 g/mol. The number of amides is 1. The normalized spacial score (nSPS) is 10.5. The predicted molar refractivity (Wildman–Crippen MR) is 106 cm³/mol. The van der Waals surface area contributed by atoms with Crippen LogP contribution in [0.3, 0.4) is 0 Å². The summed E-state index contributed by atoms with van der Waals surface area (Å²) >= 11 is 2.11. The van der Waals surface area contributed by atoms with E-state index in [1.165, 1.54) is 0 Å². The maximum atomic E-state index is 12.6. The third-order valence-corrected chi connectivity index (χ3v) is 4.39. The molecule has 2 aromatic rings. The van der Waals surface area contributed by atoms with Crippen molar-refractivity contribution >= 4 is 28.5 Å². The van der Waals surface area contributed by atoms with E-state index < -0.39 is 0 Å². The zero-order valence-corrected chi connectivity index (χ0v) is 16.9. The first kappa shape index (κ1) is 19.4. The molecular formula is C19H22INO4. The van der Waals surface area contributed by atoms with Crippen molar-refractivity contribution in [1.29, 1.82) is 0 Å². The summed E-state index contributed by atoms with van der Waals surface area (Å²) in [5.41, 5.74) is 1.47. The summed E-state index contributed by atoms with van der Waals surface area (Å²) in [6, 6.07) is 11.2. The first-order chi connectivity index (χ1) is 12.0. The van der Waals surface area contributed by atoms with E-state index >= 15 is 0 Å². The van der Waals surface area contributed by atoms with E-state index in [9.17, 15) is 4.79 Å². The van der Waals surface area contributed by atoms with Gasteiger partial charge < -0.3 is 19.5 Å². The van der Waals surface area contributed by atoms with Gasteiger partial charge in [-0.25, -0.2) is 0 Å². The van der Waals surface area contributed by atoms with E-state index in [-0.39, 0.29) is 12.0 Å². The Labute approximate surface area is 161 Å². The van der Waals surface area contributed by atoms with Crippen molar-refractivity contribution < 1.29 is 19.0 Å². The Morgan fingerprint density at radius 2 is 1.72 bits per heavy atom. The van der Waals surface area contributed by atoms with Crippen LogP contribution in [0.1, 0.15) is 29.8 Å². The monoisotopic (exact) mass is 455 g/mol. The van der Waals surface area contributed by atoms with Crippen molar-refractivity contribution in [3.63, 3.8) is 0 Å². The fraction of sp³-hybridized carbons (Fsp3) is 0.316. The summed E-state index contributed by atoms with van der Waals surface area (Å²) < 4.78 is 17.1. The number of carbonyl (C=O) groups is 1. The Kier molecular flexibility index (Phi) is 6.92. The minimum absolute atomic E-state index is 0.0728. The number of hydrogen-bond acceptors (Lipinski definition) is 4. The second-order valence-corrected chi connectivity index (χ2v) is 6.81. The van der Waals surface area contributed by atoms with Gasteiger partial charge in [0, 0.05) is 15.7 Å². The van der Waals surface area contributed by atoms with E-state index in [0.717, 1.165) is 14.9 Å². The van der Waals surface area contributed by atoms with E-state index in [2.05, 4.69) is 27.9 Å². The molecule has 0 radical (unpaired) electrons. The molecule has 0 atom stereocenters. The van der Waals surface area contributed by atoms with Crippen molar-refractivity contribution in [2.24, 2.45) is 0 Å². The summed E-state index contributed by atoms with van der Waals surface area (Å²) in [6.45, 7) is 4.33. The van der Waals surface area contributed by atoms with E-state index in [1.54, 1.807) is 26.4 Å². The molecule has 5 nitrogen and oxygen atoms in total. The van der Waals surface area contributed by atoms with Crippen LogP contribution in [-0.2, 0) is 6.54 Å². The molecule has 1 N–H and O–H groups in total. The molecule has 0 heterocycles. The molecule has 0 unspecified atom stereocenters. The van der Waals surface area contributed by atoms with E-state index in [4.69, 9.17) is 14.2 Å². The molecule has 0 spiro atoms. The zero-order chi connectivity index (χ0) is 18.4. The summed E-state index contributed by atoms with van der Waals surface area (Å²) in [5.74, 6) is 1.72. The lowest BCUT2D eigenvalue weighted by molar-refractivity contribution is 0.0949. The van der Waals surface area contributed by atoms with Crippen LogP contribution < -0.4 is 19.5 Å². The molecule has 1 amide bonds. The van der Waals surface area contributed by atoms with Crippen LogP contribution >= 0.6 is 22.6 Å². The Balaban J connectivity index is 2.16. The van der Waals surface area contributed by atoms with Crippen molar-refractivity contribution in [2.75, 3.05) is 14.2 Å². The Bertz CT molecular complexity index is 746. The Hall–Kier alpha value is -1.96. The molecule has 0 aliphatic heterocycles. The molecule has 0 aliphatic carbocycles. The van der Waals surface area contributed by atoms with Gasteiger partial charge in [0.25, 0.3) is 5.91 Å². The lowest BCUT2D eigenvalue weighted by Gasteiger charge is -2.15. The summed E-state index contributed by atoms with van der Waals surface area (Å²) in [6.07, 6.45) is 0.0728. The van der Waals surface area contributed by atoms with E-state index in [1.807, 2.05) is 38.1 Å². The quantitative estimate of drug-likeness (QED) is 0.641. The lowest BCUT2D eigenvalue weighted by atomic mass is 10.1. The maximum Gasteiger partial charge on any atom is 0.252 e. The van der Waals surface area contributed by atoms with Crippen LogP contribution in [-0.4, -0.2) is 26.2 Å². The molecule has 0 saturated carbocycles. The summed E-state index contributed by atoms with van der Waals surface area (Å²) in [5, 5.41) is 2.94. The van der Waals surface area contributed by atoms with Gasteiger partial charge in [-0.1, -0.05) is 18.2 Å². The molecule has 0 aromatic heterocycles. The smallest absolute Gasteiger partial charge is 0.252 e. The number of benzene rings is 2. The molecule has 2 aromatic carbocycles. The average molecular weight is 455 g/mol. The molecule has 2 rings (SSSR count). The number of halogens is 1. The Morgan fingerprint density at radius 1 is 1.08 bits per heavy atom. The number of carbonyl (C=O) groups excluding carboxylic acids is 1. The second-order valence-electron chi connectivity index (χ2n) is 5.64. The highest BCUT2D eigenvalue weighted by Crippen LogP contribution is 2.31. The molecule has 0 aliphatic rings. The van der Waals surface area contributed by atoms with Gasteiger partial charge in [-0.3, -0.25) is 4.79 Å². The third-order valence-electron chi connectivity index (χ3n) is 3.49. The predicted octanol–water partition coefficient (Wildman–Crippen LogP) is 4.03. The number of rotatable bonds is 7. The first-order valence-electron chi connectivity index (χ1n) is 7.90. The van der Waals surface area contributed by atoms with Gasteiger partial charge in [0.1, 0.15) is 5.75 Å². The van der Waals surface area contributed by atoms with Gasteiger partial charge in [-0.15, -0.1) is 0 Å². The van der Waals surface area contributed by atoms with Crippen molar-refractivity contribution in [1.82, 2.24) is 5.32 Å². The van der Waals surface area contributed by atoms with Gasteiger partial charge in [-0.05, 0) is 54.6 Å². The van der Waals surface area contributed by atoms with Crippen LogP contribution in [0.2, 0.25) is 0 Å². The fourth-order valence-electron chi connectivity index (χ4n) is 2.32. The van der Waals surface area contributed by atoms with Crippen LogP contribution in [0.5, 0.6) is 17.2 Å². The van der Waals surface area contributed by atoms with Gasteiger partial charge in [0.05, 0.1) is 25.9 Å². The van der Waals surface area contributed by atoms with Gasteiger partial charge in [-0.2, -0.15) is 0 Å². The minimum atomic E-state index is -0.176. The summed E-state index contributed by atoms with van der Waals surface area (Å²) in [4.78, 5) is 12.6.